The van der Waals surface area contributed by atoms with Crippen molar-refractivity contribution < 1.29 is 4.74 Å². The topological polar surface area (TPSA) is 50.8 Å². The zero-order chi connectivity index (χ0) is 13.8. The normalized spacial score (nSPS) is 10.4. The van der Waals surface area contributed by atoms with E-state index in [1.807, 2.05) is 54.6 Å². The van der Waals surface area contributed by atoms with Crippen LogP contribution in [0, 0.1) is 0 Å². The molecule has 0 saturated heterocycles. The van der Waals surface area contributed by atoms with Gasteiger partial charge in [-0.15, -0.1) is 0 Å². The standard InChI is InChI=1S/C15H12BrN3O/c16-12-6-8-13(9-7-12)20-10-14-17-15(19-18-14)11-4-2-1-3-5-11/h1-9H,10H2,(H,17,18,19). The van der Waals surface area contributed by atoms with Gasteiger partial charge in [-0.1, -0.05) is 46.3 Å². The summed E-state index contributed by atoms with van der Waals surface area (Å²) >= 11 is 3.39. The number of H-pyrrole nitrogens is 1. The molecule has 0 fully saturated rings. The fraction of sp³-hybridized carbons (Fsp3) is 0.0667. The van der Waals surface area contributed by atoms with Gasteiger partial charge in [-0.25, -0.2) is 4.98 Å². The summed E-state index contributed by atoms with van der Waals surface area (Å²) in [4.78, 5) is 4.41. The number of hydrogen-bond acceptors (Lipinski definition) is 3. The second kappa shape index (κ2) is 5.88. The minimum atomic E-state index is 0.363. The van der Waals surface area contributed by atoms with Gasteiger partial charge in [0.15, 0.2) is 11.6 Å². The van der Waals surface area contributed by atoms with Crippen molar-refractivity contribution >= 4 is 15.9 Å². The molecule has 2 aromatic carbocycles. The molecule has 3 aromatic rings. The highest BCUT2D eigenvalue weighted by Crippen LogP contribution is 2.17. The Morgan fingerprint density at radius 2 is 1.75 bits per heavy atom. The number of aromatic amines is 1. The molecule has 1 N–H and O–H groups in total. The van der Waals surface area contributed by atoms with Gasteiger partial charge in [0.05, 0.1) is 0 Å². The predicted octanol–water partition coefficient (Wildman–Crippen LogP) is 3.81. The van der Waals surface area contributed by atoms with Crippen LogP contribution in [0.5, 0.6) is 5.75 Å². The number of hydrogen-bond donors (Lipinski definition) is 1. The maximum absolute atomic E-state index is 5.64. The number of aromatic nitrogens is 3. The molecule has 0 atom stereocenters. The van der Waals surface area contributed by atoms with Gasteiger partial charge >= 0.3 is 0 Å². The Hall–Kier alpha value is -2.14. The highest BCUT2D eigenvalue weighted by atomic mass is 79.9. The minimum absolute atomic E-state index is 0.363. The molecule has 0 spiro atoms. The molecule has 0 aliphatic carbocycles. The number of ether oxygens (including phenoxy) is 1. The fourth-order valence-electron chi connectivity index (χ4n) is 1.76. The third-order valence-corrected chi connectivity index (χ3v) is 3.28. The molecule has 0 bridgehead atoms. The van der Waals surface area contributed by atoms with Crippen molar-refractivity contribution in [3.63, 3.8) is 0 Å². The third kappa shape index (κ3) is 3.05. The Morgan fingerprint density at radius 1 is 1.00 bits per heavy atom. The molecule has 0 radical (unpaired) electrons. The van der Waals surface area contributed by atoms with Gasteiger partial charge < -0.3 is 4.74 Å². The summed E-state index contributed by atoms with van der Waals surface area (Å²) < 4.78 is 6.67. The van der Waals surface area contributed by atoms with Crippen molar-refractivity contribution in [3.8, 4) is 17.1 Å². The van der Waals surface area contributed by atoms with Gasteiger partial charge in [-0.2, -0.15) is 5.10 Å². The Kier molecular flexibility index (Phi) is 3.78. The molecule has 0 aliphatic heterocycles. The summed E-state index contributed by atoms with van der Waals surface area (Å²) in [5.74, 6) is 2.18. The first-order valence-corrected chi connectivity index (χ1v) is 6.95. The molecule has 1 heterocycles. The van der Waals surface area contributed by atoms with Gasteiger partial charge in [0.25, 0.3) is 0 Å². The van der Waals surface area contributed by atoms with Crippen molar-refractivity contribution in [1.29, 1.82) is 0 Å². The summed E-state index contributed by atoms with van der Waals surface area (Å²) in [6.07, 6.45) is 0. The maximum atomic E-state index is 5.64. The molecule has 0 amide bonds. The summed E-state index contributed by atoms with van der Waals surface area (Å²) in [6, 6.07) is 17.5. The second-order valence-electron chi connectivity index (χ2n) is 4.21. The fourth-order valence-corrected chi connectivity index (χ4v) is 2.02. The number of benzene rings is 2. The molecule has 4 nitrogen and oxygen atoms in total. The van der Waals surface area contributed by atoms with Crippen LogP contribution in [-0.4, -0.2) is 15.2 Å². The molecule has 3 rings (SSSR count). The lowest BCUT2D eigenvalue weighted by atomic mass is 10.2. The van der Waals surface area contributed by atoms with E-state index in [1.54, 1.807) is 0 Å². The van der Waals surface area contributed by atoms with Crippen LogP contribution in [0.3, 0.4) is 0 Å². The molecule has 0 unspecified atom stereocenters. The van der Waals surface area contributed by atoms with E-state index in [4.69, 9.17) is 4.74 Å². The lowest BCUT2D eigenvalue weighted by molar-refractivity contribution is 0.296. The van der Waals surface area contributed by atoms with Crippen LogP contribution < -0.4 is 4.74 Å². The third-order valence-electron chi connectivity index (χ3n) is 2.75. The van der Waals surface area contributed by atoms with E-state index in [2.05, 4.69) is 31.1 Å². The average Bonchev–Trinajstić information content (AvgIpc) is 2.97. The smallest absolute Gasteiger partial charge is 0.181 e. The van der Waals surface area contributed by atoms with Crippen LogP contribution in [0.25, 0.3) is 11.4 Å². The van der Waals surface area contributed by atoms with Crippen LogP contribution in [0.1, 0.15) is 5.82 Å². The monoisotopic (exact) mass is 329 g/mol. The molecule has 0 aliphatic rings. The molecular formula is C15H12BrN3O. The van der Waals surface area contributed by atoms with Gasteiger partial charge in [-0.3, -0.25) is 5.10 Å². The summed E-state index contributed by atoms with van der Waals surface area (Å²) in [5, 5.41) is 7.08. The first kappa shape index (κ1) is 12.9. The molecule has 0 saturated carbocycles. The largest absolute Gasteiger partial charge is 0.486 e. The minimum Gasteiger partial charge on any atom is -0.486 e. The van der Waals surface area contributed by atoms with E-state index in [0.29, 0.717) is 18.3 Å². The lowest BCUT2D eigenvalue weighted by Crippen LogP contribution is -1.97. The van der Waals surface area contributed by atoms with Crippen LogP contribution >= 0.6 is 15.9 Å². The average molecular weight is 330 g/mol. The Morgan fingerprint density at radius 3 is 2.50 bits per heavy atom. The molecular weight excluding hydrogens is 318 g/mol. The van der Waals surface area contributed by atoms with Crippen LogP contribution in [0.2, 0.25) is 0 Å². The van der Waals surface area contributed by atoms with Crippen LogP contribution in [0.4, 0.5) is 0 Å². The highest BCUT2D eigenvalue weighted by Gasteiger charge is 2.05. The second-order valence-corrected chi connectivity index (χ2v) is 5.13. The van der Waals surface area contributed by atoms with Crippen LogP contribution in [-0.2, 0) is 6.61 Å². The van der Waals surface area contributed by atoms with E-state index in [-0.39, 0.29) is 0 Å². The van der Waals surface area contributed by atoms with Crippen molar-refractivity contribution in [3.05, 3.63) is 64.9 Å². The summed E-state index contributed by atoms with van der Waals surface area (Å²) in [6.45, 7) is 0.363. The Balaban J connectivity index is 1.67. The van der Waals surface area contributed by atoms with Crippen molar-refractivity contribution in [2.75, 3.05) is 0 Å². The van der Waals surface area contributed by atoms with E-state index in [0.717, 1.165) is 15.8 Å². The van der Waals surface area contributed by atoms with Crippen molar-refractivity contribution in [2.24, 2.45) is 0 Å². The first-order valence-electron chi connectivity index (χ1n) is 6.16. The zero-order valence-electron chi connectivity index (χ0n) is 10.6. The summed E-state index contributed by atoms with van der Waals surface area (Å²) in [7, 11) is 0. The zero-order valence-corrected chi connectivity index (χ0v) is 12.2. The SMILES string of the molecule is Brc1ccc(OCc2nc(-c3ccccc3)n[nH]2)cc1. The van der Waals surface area contributed by atoms with Crippen molar-refractivity contribution in [2.45, 2.75) is 6.61 Å². The predicted molar refractivity (Wildman–Crippen MR) is 80.3 cm³/mol. The van der Waals surface area contributed by atoms with Gasteiger partial charge in [-0.05, 0) is 24.3 Å². The molecule has 5 heteroatoms. The van der Waals surface area contributed by atoms with E-state index < -0.39 is 0 Å². The molecule has 100 valence electrons. The number of nitrogens with zero attached hydrogens (tertiary/aromatic N) is 2. The number of nitrogens with one attached hydrogen (secondary N) is 1. The Labute approximate surface area is 125 Å². The van der Waals surface area contributed by atoms with Crippen molar-refractivity contribution in [1.82, 2.24) is 15.2 Å². The van der Waals surface area contributed by atoms with Crippen LogP contribution in [0.15, 0.2) is 59.1 Å². The number of rotatable bonds is 4. The number of halogens is 1. The summed E-state index contributed by atoms with van der Waals surface area (Å²) in [5.41, 5.74) is 0.985. The van der Waals surface area contributed by atoms with Gasteiger partial charge in [0.2, 0.25) is 0 Å². The van der Waals surface area contributed by atoms with E-state index in [9.17, 15) is 0 Å². The van der Waals surface area contributed by atoms with E-state index >= 15 is 0 Å². The van der Waals surface area contributed by atoms with Gasteiger partial charge in [0, 0.05) is 10.0 Å². The highest BCUT2D eigenvalue weighted by molar-refractivity contribution is 9.10. The Bertz CT molecular complexity index is 680. The van der Waals surface area contributed by atoms with E-state index in [1.165, 1.54) is 0 Å². The maximum Gasteiger partial charge on any atom is 0.181 e. The quantitative estimate of drug-likeness (QED) is 0.791. The molecule has 20 heavy (non-hydrogen) atoms. The lowest BCUT2D eigenvalue weighted by Gasteiger charge is -2.03. The molecule has 1 aromatic heterocycles. The van der Waals surface area contributed by atoms with Gasteiger partial charge in [0.1, 0.15) is 12.4 Å². The first-order chi connectivity index (χ1) is 9.81.